The molecule has 0 aromatic carbocycles. The number of hydrogen-bond donors (Lipinski definition) is 1. The summed E-state index contributed by atoms with van der Waals surface area (Å²) in [7, 11) is -3.37. The maximum atomic E-state index is 11.7. The first-order valence-corrected chi connectivity index (χ1v) is 7.50. The molecule has 0 saturated heterocycles. The van der Waals surface area contributed by atoms with Crippen LogP contribution in [0.4, 0.5) is 5.95 Å². The van der Waals surface area contributed by atoms with E-state index in [0.29, 0.717) is 18.7 Å². The van der Waals surface area contributed by atoms with E-state index in [-0.39, 0.29) is 11.7 Å². The second-order valence-electron chi connectivity index (χ2n) is 3.79. The second-order valence-corrected chi connectivity index (χ2v) is 6.01. The van der Waals surface area contributed by atoms with Crippen LogP contribution in [0, 0.1) is 13.8 Å². The molecule has 0 atom stereocenters. The average Bonchev–Trinajstić information content (AvgIpc) is 2.14. The van der Waals surface area contributed by atoms with Crippen molar-refractivity contribution in [3.63, 3.8) is 0 Å². The van der Waals surface area contributed by atoms with Gasteiger partial charge in [0.25, 0.3) is 0 Å². The number of nitrogens with zero attached hydrogens (tertiary/aromatic N) is 2. The van der Waals surface area contributed by atoms with E-state index >= 15 is 0 Å². The van der Waals surface area contributed by atoms with Crippen molar-refractivity contribution in [3.05, 3.63) is 17.5 Å². The highest BCUT2D eigenvalue weighted by atomic mass is 35.5. The molecule has 1 aromatic heterocycles. The highest BCUT2D eigenvalue weighted by Gasteiger charge is 2.12. The van der Waals surface area contributed by atoms with Crippen molar-refractivity contribution >= 4 is 27.6 Å². The van der Waals surface area contributed by atoms with Gasteiger partial charge >= 0.3 is 0 Å². The van der Waals surface area contributed by atoms with E-state index in [0.717, 1.165) is 11.4 Å². The van der Waals surface area contributed by atoms with Crippen molar-refractivity contribution in [1.82, 2.24) is 9.97 Å². The number of sulfonamides is 1. The van der Waals surface area contributed by atoms with Crippen LogP contribution in [0.3, 0.4) is 0 Å². The van der Waals surface area contributed by atoms with Gasteiger partial charge in [0, 0.05) is 17.3 Å². The van der Waals surface area contributed by atoms with Crippen molar-refractivity contribution in [3.8, 4) is 0 Å². The SMILES string of the molecule is Cc1cc(C)nc(NS(=O)(=O)CCCCCl)n1. The molecule has 0 saturated carbocycles. The maximum Gasteiger partial charge on any atom is 0.236 e. The molecule has 0 bridgehead atoms. The summed E-state index contributed by atoms with van der Waals surface area (Å²) >= 11 is 5.49. The third-order valence-corrected chi connectivity index (χ3v) is 3.61. The molecule has 1 rings (SSSR count). The minimum Gasteiger partial charge on any atom is -0.251 e. The Balaban J connectivity index is 2.69. The Hall–Kier alpha value is -0.880. The van der Waals surface area contributed by atoms with Gasteiger partial charge in [0.1, 0.15) is 0 Å². The van der Waals surface area contributed by atoms with Gasteiger partial charge in [-0.3, -0.25) is 4.72 Å². The summed E-state index contributed by atoms with van der Waals surface area (Å²) in [4.78, 5) is 8.04. The third-order valence-electron chi connectivity index (χ3n) is 2.03. The number of aromatic nitrogens is 2. The van der Waals surface area contributed by atoms with Crippen LogP contribution < -0.4 is 4.72 Å². The summed E-state index contributed by atoms with van der Waals surface area (Å²) in [6.07, 6.45) is 1.21. The fourth-order valence-corrected chi connectivity index (χ4v) is 2.59. The third kappa shape index (κ3) is 5.32. The Morgan fingerprint density at radius 1 is 1.24 bits per heavy atom. The summed E-state index contributed by atoms with van der Waals surface area (Å²) in [5.74, 6) is 0.638. The maximum absolute atomic E-state index is 11.7. The normalized spacial score (nSPS) is 11.5. The van der Waals surface area contributed by atoms with Crippen LogP contribution in [0.15, 0.2) is 6.07 Å². The number of aryl methyl sites for hydroxylation is 2. The molecule has 1 aromatic rings. The minimum atomic E-state index is -3.37. The topological polar surface area (TPSA) is 72.0 Å². The van der Waals surface area contributed by atoms with Crippen LogP contribution in [0.2, 0.25) is 0 Å². The molecule has 0 fully saturated rings. The van der Waals surface area contributed by atoms with E-state index in [1.54, 1.807) is 19.9 Å². The van der Waals surface area contributed by atoms with Crippen LogP contribution in [0.1, 0.15) is 24.2 Å². The van der Waals surface area contributed by atoms with Crippen LogP contribution in [-0.2, 0) is 10.0 Å². The Morgan fingerprint density at radius 2 is 1.82 bits per heavy atom. The summed E-state index contributed by atoms with van der Waals surface area (Å²) in [5, 5.41) is 0. The lowest BCUT2D eigenvalue weighted by Crippen LogP contribution is -2.19. The molecule has 17 heavy (non-hydrogen) atoms. The Morgan fingerprint density at radius 3 is 2.35 bits per heavy atom. The van der Waals surface area contributed by atoms with Crippen molar-refractivity contribution in [2.45, 2.75) is 26.7 Å². The van der Waals surface area contributed by atoms with Gasteiger partial charge in [-0.25, -0.2) is 18.4 Å². The molecule has 0 spiro atoms. The molecule has 0 radical (unpaired) electrons. The predicted molar refractivity (Wildman–Crippen MR) is 68.9 cm³/mol. The molecule has 1 heterocycles. The number of rotatable bonds is 6. The number of nitrogens with one attached hydrogen (secondary N) is 1. The molecule has 7 heteroatoms. The van der Waals surface area contributed by atoms with Gasteiger partial charge in [-0.15, -0.1) is 11.6 Å². The summed E-state index contributed by atoms with van der Waals surface area (Å²) in [5.41, 5.74) is 1.46. The second kappa shape index (κ2) is 6.16. The highest BCUT2D eigenvalue weighted by Crippen LogP contribution is 2.07. The molecule has 1 N–H and O–H groups in total. The lowest BCUT2D eigenvalue weighted by molar-refractivity contribution is 0.597. The van der Waals surface area contributed by atoms with Gasteiger partial charge in [0.15, 0.2) is 0 Å². The van der Waals surface area contributed by atoms with Crippen molar-refractivity contribution in [1.29, 1.82) is 0 Å². The number of anilines is 1. The molecule has 0 amide bonds. The van der Waals surface area contributed by atoms with E-state index in [1.807, 2.05) is 0 Å². The van der Waals surface area contributed by atoms with E-state index in [4.69, 9.17) is 11.6 Å². The summed E-state index contributed by atoms with van der Waals surface area (Å²) in [6.45, 7) is 3.58. The Kier molecular flexibility index (Phi) is 5.14. The van der Waals surface area contributed by atoms with E-state index in [2.05, 4.69) is 14.7 Å². The molecule has 0 unspecified atom stereocenters. The first-order chi connectivity index (χ1) is 7.93. The molecule has 0 aliphatic heterocycles. The van der Waals surface area contributed by atoms with Crippen LogP contribution in [0.5, 0.6) is 0 Å². The highest BCUT2D eigenvalue weighted by molar-refractivity contribution is 7.92. The Labute approximate surface area is 107 Å². The fourth-order valence-electron chi connectivity index (χ4n) is 1.35. The van der Waals surface area contributed by atoms with Crippen molar-refractivity contribution < 1.29 is 8.42 Å². The smallest absolute Gasteiger partial charge is 0.236 e. The molecular weight excluding hydrogens is 262 g/mol. The van der Waals surface area contributed by atoms with Gasteiger partial charge in [-0.2, -0.15) is 0 Å². The first kappa shape index (κ1) is 14.2. The van der Waals surface area contributed by atoms with Crippen molar-refractivity contribution in [2.75, 3.05) is 16.4 Å². The monoisotopic (exact) mass is 277 g/mol. The van der Waals surface area contributed by atoms with Crippen LogP contribution >= 0.6 is 11.6 Å². The Bertz CT molecular complexity index is 456. The van der Waals surface area contributed by atoms with Crippen LogP contribution in [-0.4, -0.2) is 30.0 Å². The fraction of sp³-hybridized carbons (Fsp3) is 0.600. The quantitative estimate of drug-likeness (QED) is 0.636. The molecule has 5 nitrogen and oxygen atoms in total. The zero-order valence-corrected chi connectivity index (χ0v) is 11.5. The largest absolute Gasteiger partial charge is 0.251 e. The minimum absolute atomic E-state index is 0.0378. The number of alkyl halides is 1. The number of unbranched alkanes of at least 4 members (excludes halogenated alkanes) is 1. The average molecular weight is 278 g/mol. The molecule has 96 valence electrons. The zero-order valence-electron chi connectivity index (χ0n) is 9.90. The predicted octanol–water partition coefficient (Wildman–Crippen LogP) is 1.85. The summed E-state index contributed by atoms with van der Waals surface area (Å²) in [6, 6.07) is 1.78. The first-order valence-electron chi connectivity index (χ1n) is 5.32. The van der Waals surface area contributed by atoms with Crippen LogP contribution in [0.25, 0.3) is 0 Å². The van der Waals surface area contributed by atoms with Gasteiger partial charge < -0.3 is 0 Å². The zero-order chi connectivity index (χ0) is 12.9. The van der Waals surface area contributed by atoms with Gasteiger partial charge in [0.05, 0.1) is 5.75 Å². The number of hydrogen-bond acceptors (Lipinski definition) is 4. The lowest BCUT2D eigenvalue weighted by atomic mass is 10.4. The van der Waals surface area contributed by atoms with Gasteiger partial charge in [-0.05, 0) is 32.8 Å². The van der Waals surface area contributed by atoms with Gasteiger partial charge in [0.2, 0.25) is 16.0 Å². The van der Waals surface area contributed by atoms with E-state index in [9.17, 15) is 8.42 Å². The molecular formula is C10H16ClN3O2S. The molecule has 0 aliphatic rings. The van der Waals surface area contributed by atoms with Gasteiger partial charge in [-0.1, -0.05) is 0 Å². The summed E-state index contributed by atoms with van der Waals surface area (Å²) < 4.78 is 25.7. The standard InChI is InChI=1S/C10H16ClN3O2S/c1-8-7-9(2)13-10(12-8)14-17(15,16)6-4-3-5-11/h7H,3-6H2,1-2H3,(H,12,13,14). The lowest BCUT2D eigenvalue weighted by Gasteiger charge is -2.07. The van der Waals surface area contributed by atoms with Crippen molar-refractivity contribution in [2.24, 2.45) is 0 Å². The number of halogens is 1. The van der Waals surface area contributed by atoms with E-state index < -0.39 is 10.0 Å². The van der Waals surface area contributed by atoms with E-state index in [1.165, 1.54) is 0 Å². The molecule has 0 aliphatic carbocycles.